The summed E-state index contributed by atoms with van der Waals surface area (Å²) in [4.78, 5) is 51.4. The molecule has 4 atom stereocenters. The Balaban J connectivity index is 1.39. The van der Waals surface area contributed by atoms with E-state index in [0.717, 1.165) is 33.0 Å². The van der Waals surface area contributed by atoms with Crippen molar-refractivity contribution in [2.24, 2.45) is 20.0 Å². The van der Waals surface area contributed by atoms with Crippen LogP contribution in [0.5, 0.6) is 0 Å². The van der Waals surface area contributed by atoms with E-state index in [9.17, 15) is 19.8 Å². The van der Waals surface area contributed by atoms with E-state index >= 15 is 0 Å². The van der Waals surface area contributed by atoms with Crippen molar-refractivity contribution in [2.75, 3.05) is 0 Å². The molecule has 0 radical (unpaired) electrons. The van der Waals surface area contributed by atoms with E-state index in [1.807, 2.05) is 72.8 Å². The van der Waals surface area contributed by atoms with Crippen LogP contribution in [-0.4, -0.2) is 32.1 Å². The van der Waals surface area contributed by atoms with E-state index in [1.54, 1.807) is 0 Å². The standard InChI is InChI=1S/C34H24N8O4/c43-33(44)23-13-21-22(14-24(23)34(45)46)32-41-30-20-12-6-4-10-18(20)28(39-30)37-26-16-8-2-1-7-15(16)25(35-26)36-27-17-9-3-5-11-19(17)29(38-27)40-31(21)42-32/h1-14,27-30,38-39H,(H,43,44)(H,45,46)(H,35,36,37)(H,40,41,42). The Kier molecular flexibility index (Phi) is 5.61. The fourth-order valence-corrected chi connectivity index (χ4v) is 6.76. The molecule has 46 heavy (non-hydrogen) atoms. The second-order valence-corrected chi connectivity index (χ2v) is 11.5. The highest BCUT2D eigenvalue weighted by atomic mass is 16.4. The van der Waals surface area contributed by atoms with Crippen LogP contribution in [0.1, 0.15) is 67.6 Å². The van der Waals surface area contributed by atoms with Crippen LogP contribution in [0, 0.1) is 0 Å². The van der Waals surface area contributed by atoms with Gasteiger partial charge < -0.3 is 20.2 Å². The summed E-state index contributed by atoms with van der Waals surface area (Å²) in [6.45, 7) is 0. The molecular weight excluding hydrogens is 584 g/mol. The monoisotopic (exact) mass is 608 g/mol. The molecule has 8 bridgehead atoms. The quantitative estimate of drug-likeness (QED) is 0.176. The number of fused-ring (bicyclic) bond motifs is 20. The molecule has 0 fully saturated rings. The number of nitrogens with one attached hydrogen (secondary N) is 4. The highest BCUT2D eigenvalue weighted by Gasteiger charge is 2.32. The number of H-pyrrole nitrogens is 2. The minimum Gasteiger partial charge on any atom is -0.478 e. The van der Waals surface area contributed by atoms with Crippen LogP contribution in [0.3, 0.4) is 0 Å². The van der Waals surface area contributed by atoms with Crippen molar-refractivity contribution in [3.05, 3.63) is 140 Å². The van der Waals surface area contributed by atoms with Crippen LogP contribution < -0.4 is 32.6 Å². The van der Waals surface area contributed by atoms with E-state index in [0.29, 0.717) is 32.7 Å². The van der Waals surface area contributed by atoms with E-state index in [2.05, 4.69) is 20.6 Å². The number of carboxylic acids is 2. The van der Waals surface area contributed by atoms with Crippen LogP contribution in [0.15, 0.2) is 105 Å². The van der Waals surface area contributed by atoms with Crippen LogP contribution >= 0.6 is 0 Å². The first kappa shape index (κ1) is 26.4. The summed E-state index contributed by atoms with van der Waals surface area (Å²) in [6.07, 6.45) is -1.97. The lowest BCUT2D eigenvalue weighted by atomic mass is 10.0. The molecule has 0 aliphatic carbocycles. The second-order valence-electron chi connectivity index (χ2n) is 11.5. The predicted octanol–water partition coefficient (Wildman–Crippen LogP) is 2.84. The predicted molar refractivity (Wildman–Crippen MR) is 165 cm³/mol. The molecule has 12 heteroatoms. The van der Waals surface area contributed by atoms with Crippen LogP contribution in [0.2, 0.25) is 0 Å². The molecule has 2 aromatic heterocycles. The maximum Gasteiger partial charge on any atom is 0.336 e. The number of benzene rings is 4. The molecule has 5 heterocycles. The number of carboxylic acid groups (broad SMARTS) is 2. The zero-order valence-electron chi connectivity index (χ0n) is 23.9. The van der Waals surface area contributed by atoms with E-state index < -0.39 is 36.6 Å². The normalized spacial score (nSPS) is 24.0. The second kappa shape index (κ2) is 9.76. The van der Waals surface area contributed by atoms with Gasteiger partial charge in [-0.05, 0) is 34.4 Å². The van der Waals surface area contributed by atoms with Crippen molar-refractivity contribution in [1.82, 2.24) is 20.6 Å². The Morgan fingerprint density at radius 1 is 0.478 bits per heavy atom. The lowest BCUT2D eigenvalue weighted by Crippen LogP contribution is -2.24. The number of aromatic nitrogens is 2. The molecular formula is C34H24N8O4. The summed E-state index contributed by atoms with van der Waals surface area (Å²) in [6, 6.07) is 26.4. The lowest BCUT2D eigenvalue weighted by Gasteiger charge is -2.08. The fourth-order valence-electron chi connectivity index (χ4n) is 6.76. The van der Waals surface area contributed by atoms with Crippen molar-refractivity contribution in [2.45, 2.75) is 24.7 Å². The van der Waals surface area contributed by atoms with Crippen molar-refractivity contribution < 1.29 is 19.8 Å². The third kappa shape index (κ3) is 3.94. The first-order valence-electron chi connectivity index (χ1n) is 14.7. The van der Waals surface area contributed by atoms with Gasteiger partial charge in [-0.15, -0.1) is 0 Å². The molecule has 3 aliphatic rings. The molecule has 0 saturated heterocycles. The van der Waals surface area contributed by atoms with Gasteiger partial charge in [0, 0.05) is 21.5 Å². The average molecular weight is 609 g/mol. The summed E-state index contributed by atoms with van der Waals surface area (Å²) in [5.41, 5.74) is 5.16. The van der Waals surface area contributed by atoms with Gasteiger partial charge in [0.05, 0.1) is 11.1 Å². The van der Waals surface area contributed by atoms with Gasteiger partial charge in [0.1, 0.15) is 46.6 Å². The first-order valence-corrected chi connectivity index (χ1v) is 14.7. The van der Waals surface area contributed by atoms with Gasteiger partial charge in [-0.25, -0.2) is 29.6 Å². The largest absolute Gasteiger partial charge is 0.478 e. The zero-order chi connectivity index (χ0) is 31.1. The molecule has 0 saturated carbocycles. The highest BCUT2D eigenvalue weighted by molar-refractivity contribution is 6.06. The Labute approximate surface area is 258 Å². The molecule has 4 aromatic carbocycles. The number of rotatable bonds is 2. The van der Waals surface area contributed by atoms with Crippen molar-refractivity contribution >= 4 is 33.5 Å². The Morgan fingerprint density at radius 3 is 1.11 bits per heavy atom. The molecule has 3 aliphatic heterocycles. The molecule has 6 N–H and O–H groups in total. The summed E-state index contributed by atoms with van der Waals surface area (Å²) < 4.78 is 0. The van der Waals surface area contributed by atoms with Crippen LogP contribution in [-0.2, 0) is 0 Å². The molecule has 6 aromatic rings. The van der Waals surface area contributed by atoms with Gasteiger partial charge in [-0.1, -0.05) is 72.8 Å². The molecule has 0 spiro atoms. The van der Waals surface area contributed by atoms with Crippen molar-refractivity contribution in [3.63, 3.8) is 0 Å². The molecule has 12 nitrogen and oxygen atoms in total. The molecule has 224 valence electrons. The van der Waals surface area contributed by atoms with E-state index in [4.69, 9.17) is 20.0 Å². The average Bonchev–Trinajstić information content (AvgIpc) is 3.79. The van der Waals surface area contributed by atoms with E-state index in [1.165, 1.54) is 12.1 Å². The van der Waals surface area contributed by atoms with Gasteiger partial charge in [-0.3, -0.25) is 10.6 Å². The van der Waals surface area contributed by atoms with Crippen LogP contribution in [0.4, 0.5) is 0 Å². The van der Waals surface area contributed by atoms with Gasteiger partial charge in [-0.2, -0.15) is 0 Å². The Hall–Kier alpha value is -5.98. The van der Waals surface area contributed by atoms with Gasteiger partial charge in [0.15, 0.2) is 0 Å². The summed E-state index contributed by atoms with van der Waals surface area (Å²) in [5, 5.41) is 29.6. The number of hydrogen-bond acceptors (Lipinski definition) is 8. The summed E-state index contributed by atoms with van der Waals surface area (Å²) in [5.74, 6) is -2.69. The number of hydrogen-bond donors (Lipinski definition) is 6. The first-order chi connectivity index (χ1) is 22.4. The zero-order valence-corrected chi connectivity index (χ0v) is 23.9. The highest BCUT2D eigenvalue weighted by Crippen LogP contribution is 2.36. The third-order valence-corrected chi connectivity index (χ3v) is 8.87. The summed E-state index contributed by atoms with van der Waals surface area (Å²) in [7, 11) is 0. The van der Waals surface area contributed by atoms with Crippen molar-refractivity contribution in [3.8, 4) is 0 Å². The van der Waals surface area contributed by atoms with Gasteiger partial charge in [0.25, 0.3) is 0 Å². The SMILES string of the molecule is O=C(O)c1cc2/c3[nH]/c(c2cc1C(=O)O)=N\C1NC(/N=c2\[nH]/c(c4ccccc24)=N\C2NC(\N=3)c3ccccc32)c2ccccc21. The smallest absolute Gasteiger partial charge is 0.336 e. The number of carbonyl (C=O) groups is 2. The third-order valence-electron chi connectivity index (χ3n) is 8.87. The van der Waals surface area contributed by atoms with Crippen LogP contribution in [0.25, 0.3) is 21.5 Å². The number of nitrogens with zero attached hydrogens (tertiary/aromatic N) is 4. The molecule has 0 amide bonds. The van der Waals surface area contributed by atoms with Gasteiger partial charge >= 0.3 is 11.9 Å². The van der Waals surface area contributed by atoms with Gasteiger partial charge in [0.2, 0.25) is 0 Å². The van der Waals surface area contributed by atoms with Crippen molar-refractivity contribution in [1.29, 1.82) is 0 Å². The maximum atomic E-state index is 12.2. The minimum absolute atomic E-state index is 0.335. The Morgan fingerprint density at radius 2 is 0.783 bits per heavy atom. The molecule has 9 rings (SSSR count). The maximum absolute atomic E-state index is 12.2. The lowest BCUT2D eigenvalue weighted by molar-refractivity contribution is 0.0652. The Bertz CT molecular complexity index is 2380. The molecule has 4 unspecified atom stereocenters. The number of aromatic amines is 2. The number of aromatic carboxylic acids is 2. The fraction of sp³-hybridized carbons (Fsp3) is 0.118. The summed E-state index contributed by atoms with van der Waals surface area (Å²) >= 11 is 0. The topological polar surface area (TPSA) is 180 Å². The minimum atomic E-state index is -1.35. The van der Waals surface area contributed by atoms with E-state index in [-0.39, 0.29) is 11.1 Å².